The Morgan fingerprint density at radius 1 is 1.14 bits per heavy atom. The maximum atomic E-state index is 9.71. The Balaban J connectivity index is 1.88. The molecule has 6 nitrogen and oxygen atoms in total. The predicted octanol–water partition coefficient (Wildman–Crippen LogP) is 2.41. The van der Waals surface area contributed by atoms with E-state index in [0.717, 1.165) is 21.2 Å². The fraction of sp³-hybridized carbons (Fsp3) is 0.0667. The van der Waals surface area contributed by atoms with Gasteiger partial charge in [0.2, 0.25) is 4.96 Å². The van der Waals surface area contributed by atoms with Gasteiger partial charge in [-0.25, -0.2) is 9.50 Å². The van der Waals surface area contributed by atoms with Crippen LogP contribution in [0.2, 0.25) is 0 Å². The fourth-order valence-corrected chi connectivity index (χ4v) is 3.15. The van der Waals surface area contributed by atoms with Crippen molar-refractivity contribution < 1.29 is 5.11 Å². The summed E-state index contributed by atoms with van der Waals surface area (Å²) in [6.45, 7) is -0.150. The summed E-state index contributed by atoms with van der Waals surface area (Å²) in [6, 6.07) is 9.42. The largest absolute Gasteiger partial charge is 0.390 e. The van der Waals surface area contributed by atoms with E-state index >= 15 is 0 Å². The summed E-state index contributed by atoms with van der Waals surface area (Å²) in [5.74, 6) is 0. The van der Waals surface area contributed by atoms with Crippen LogP contribution in [0.1, 0.15) is 5.69 Å². The number of rotatable bonds is 3. The van der Waals surface area contributed by atoms with Gasteiger partial charge in [-0.3, -0.25) is 9.97 Å². The number of pyridine rings is 2. The molecule has 0 aliphatic carbocycles. The van der Waals surface area contributed by atoms with E-state index in [0.29, 0.717) is 11.4 Å². The van der Waals surface area contributed by atoms with Crippen molar-refractivity contribution in [1.82, 2.24) is 24.6 Å². The summed E-state index contributed by atoms with van der Waals surface area (Å²) in [5.41, 5.74) is 2.97. The van der Waals surface area contributed by atoms with Crippen molar-refractivity contribution in [3.63, 3.8) is 0 Å². The van der Waals surface area contributed by atoms with E-state index < -0.39 is 0 Å². The Morgan fingerprint density at radius 2 is 2.09 bits per heavy atom. The average Bonchev–Trinajstić information content (AvgIpc) is 3.14. The van der Waals surface area contributed by atoms with Gasteiger partial charge in [-0.1, -0.05) is 17.4 Å². The number of aliphatic hydroxyl groups excluding tert-OH is 1. The molecule has 4 aromatic rings. The van der Waals surface area contributed by atoms with E-state index in [2.05, 4.69) is 20.1 Å². The van der Waals surface area contributed by atoms with E-state index in [9.17, 15) is 5.11 Å². The lowest BCUT2D eigenvalue weighted by atomic mass is 10.2. The molecule has 0 amide bonds. The number of hydrogen-bond acceptors (Lipinski definition) is 6. The molecule has 4 heterocycles. The highest BCUT2D eigenvalue weighted by molar-refractivity contribution is 7.19. The molecule has 4 rings (SSSR count). The molecule has 0 atom stereocenters. The molecular formula is C15H11N5OS. The Hall–Kier alpha value is -2.64. The van der Waals surface area contributed by atoms with Crippen LogP contribution in [0.15, 0.2) is 48.9 Å². The Kier molecular flexibility index (Phi) is 3.14. The van der Waals surface area contributed by atoms with Crippen LogP contribution in [-0.2, 0) is 6.61 Å². The molecule has 0 saturated carbocycles. The molecule has 0 bridgehead atoms. The first-order valence-corrected chi connectivity index (χ1v) is 7.49. The van der Waals surface area contributed by atoms with Crippen molar-refractivity contribution in [2.24, 2.45) is 0 Å². The zero-order valence-corrected chi connectivity index (χ0v) is 12.2. The first-order chi connectivity index (χ1) is 10.9. The topological polar surface area (TPSA) is 76.2 Å². The first kappa shape index (κ1) is 13.1. The SMILES string of the molecule is OCc1c(-c2ccccn2)nc2sc(-c3cccnc3)nn12. The van der Waals surface area contributed by atoms with Crippen LogP contribution in [-0.4, -0.2) is 29.7 Å². The standard InChI is InChI=1S/C15H11N5OS/c21-9-12-13(11-5-1-2-7-17-11)18-15-20(12)19-14(22-15)10-4-3-6-16-8-10/h1-8,21H,9H2. The zero-order valence-electron chi connectivity index (χ0n) is 11.4. The van der Waals surface area contributed by atoms with Crippen LogP contribution >= 0.6 is 11.3 Å². The molecule has 0 radical (unpaired) electrons. The van der Waals surface area contributed by atoms with Crippen LogP contribution in [0.5, 0.6) is 0 Å². The average molecular weight is 309 g/mol. The lowest BCUT2D eigenvalue weighted by Gasteiger charge is -1.99. The summed E-state index contributed by atoms with van der Waals surface area (Å²) >= 11 is 1.46. The summed E-state index contributed by atoms with van der Waals surface area (Å²) in [7, 11) is 0. The molecule has 0 saturated heterocycles. The number of nitrogens with zero attached hydrogens (tertiary/aromatic N) is 5. The van der Waals surface area contributed by atoms with E-state index in [-0.39, 0.29) is 6.61 Å². The van der Waals surface area contributed by atoms with Gasteiger partial charge in [-0.05, 0) is 24.3 Å². The maximum absolute atomic E-state index is 9.71. The van der Waals surface area contributed by atoms with Crippen molar-refractivity contribution in [1.29, 1.82) is 0 Å². The summed E-state index contributed by atoms with van der Waals surface area (Å²) in [4.78, 5) is 13.7. The molecule has 0 aliphatic rings. The highest BCUT2D eigenvalue weighted by Gasteiger charge is 2.18. The smallest absolute Gasteiger partial charge is 0.213 e. The minimum Gasteiger partial charge on any atom is -0.390 e. The van der Waals surface area contributed by atoms with Gasteiger partial charge in [0.1, 0.15) is 10.7 Å². The molecule has 108 valence electrons. The minimum absolute atomic E-state index is 0.150. The third-order valence-electron chi connectivity index (χ3n) is 3.26. The number of imidazole rings is 1. The summed E-state index contributed by atoms with van der Waals surface area (Å²) in [6.07, 6.45) is 5.19. The third-order valence-corrected chi connectivity index (χ3v) is 4.22. The molecular weight excluding hydrogens is 298 g/mol. The molecule has 7 heteroatoms. The van der Waals surface area contributed by atoms with Crippen molar-refractivity contribution in [3.05, 3.63) is 54.6 Å². The lowest BCUT2D eigenvalue weighted by Crippen LogP contribution is -1.96. The Bertz CT molecular complexity index is 917. The van der Waals surface area contributed by atoms with E-state index in [1.807, 2.05) is 30.3 Å². The van der Waals surface area contributed by atoms with Crippen LogP contribution in [0.4, 0.5) is 0 Å². The van der Waals surface area contributed by atoms with Crippen molar-refractivity contribution >= 4 is 16.3 Å². The summed E-state index contributed by atoms with van der Waals surface area (Å²) in [5, 5.41) is 15.1. The first-order valence-electron chi connectivity index (χ1n) is 6.68. The highest BCUT2D eigenvalue weighted by atomic mass is 32.1. The highest BCUT2D eigenvalue weighted by Crippen LogP contribution is 2.29. The molecule has 22 heavy (non-hydrogen) atoms. The second-order valence-electron chi connectivity index (χ2n) is 4.62. The van der Waals surface area contributed by atoms with E-state index in [1.54, 1.807) is 23.1 Å². The van der Waals surface area contributed by atoms with Crippen molar-refractivity contribution in [2.75, 3.05) is 0 Å². The van der Waals surface area contributed by atoms with Gasteiger partial charge >= 0.3 is 0 Å². The lowest BCUT2D eigenvalue weighted by molar-refractivity contribution is 0.275. The molecule has 1 N–H and O–H groups in total. The van der Waals surface area contributed by atoms with Gasteiger partial charge in [0.15, 0.2) is 0 Å². The second kappa shape index (κ2) is 5.28. The predicted molar refractivity (Wildman–Crippen MR) is 83.2 cm³/mol. The van der Waals surface area contributed by atoms with Gasteiger partial charge in [-0.2, -0.15) is 5.10 Å². The zero-order chi connectivity index (χ0) is 14.9. The van der Waals surface area contributed by atoms with Gasteiger partial charge in [0, 0.05) is 24.2 Å². The van der Waals surface area contributed by atoms with Crippen LogP contribution in [0.25, 0.3) is 26.9 Å². The van der Waals surface area contributed by atoms with Gasteiger partial charge < -0.3 is 5.11 Å². The molecule has 0 unspecified atom stereocenters. The third kappa shape index (κ3) is 2.07. The number of aliphatic hydroxyl groups is 1. The molecule has 4 aromatic heterocycles. The Morgan fingerprint density at radius 3 is 2.82 bits per heavy atom. The monoisotopic (exact) mass is 309 g/mol. The number of fused-ring (bicyclic) bond motifs is 1. The molecule has 0 fully saturated rings. The molecule has 0 aliphatic heterocycles. The number of aromatic nitrogens is 5. The van der Waals surface area contributed by atoms with Crippen molar-refractivity contribution in [3.8, 4) is 22.0 Å². The minimum atomic E-state index is -0.150. The fourth-order valence-electron chi connectivity index (χ4n) is 2.25. The van der Waals surface area contributed by atoms with Gasteiger partial charge in [-0.15, -0.1) is 0 Å². The molecule has 0 aromatic carbocycles. The van der Waals surface area contributed by atoms with E-state index in [4.69, 9.17) is 0 Å². The molecule has 0 spiro atoms. The van der Waals surface area contributed by atoms with Gasteiger partial charge in [0.05, 0.1) is 18.0 Å². The van der Waals surface area contributed by atoms with Crippen LogP contribution in [0.3, 0.4) is 0 Å². The normalized spacial score (nSPS) is 11.1. The number of hydrogen-bond donors (Lipinski definition) is 1. The van der Waals surface area contributed by atoms with Crippen LogP contribution < -0.4 is 0 Å². The maximum Gasteiger partial charge on any atom is 0.213 e. The van der Waals surface area contributed by atoms with Crippen molar-refractivity contribution in [2.45, 2.75) is 6.61 Å². The Labute approximate surface area is 129 Å². The second-order valence-corrected chi connectivity index (χ2v) is 5.58. The summed E-state index contributed by atoms with van der Waals surface area (Å²) < 4.78 is 1.68. The van der Waals surface area contributed by atoms with Gasteiger partial charge in [0.25, 0.3) is 0 Å². The van der Waals surface area contributed by atoms with E-state index in [1.165, 1.54) is 11.3 Å². The quantitative estimate of drug-likeness (QED) is 0.629. The van der Waals surface area contributed by atoms with Crippen LogP contribution in [0, 0.1) is 0 Å².